The first-order valence-corrected chi connectivity index (χ1v) is 8.80. The molecule has 0 aliphatic carbocycles. The van der Waals surface area contributed by atoms with Gasteiger partial charge in [0.05, 0.1) is 21.7 Å². The highest BCUT2D eigenvalue weighted by molar-refractivity contribution is 9.10. The number of halogens is 6. The molecule has 0 saturated heterocycles. The summed E-state index contributed by atoms with van der Waals surface area (Å²) in [7, 11) is 0. The van der Waals surface area contributed by atoms with E-state index in [0.29, 0.717) is 21.3 Å². The molecular formula is C15H10BrCl2F3N4O. The van der Waals surface area contributed by atoms with E-state index in [9.17, 15) is 13.2 Å². The van der Waals surface area contributed by atoms with Gasteiger partial charge in [-0.15, -0.1) is 0 Å². The number of hydrogen-bond donors (Lipinski definition) is 0. The van der Waals surface area contributed by atoms with Crippen LogP contribution in [0.4, 0.5) is 13.2 Å². The van der Waals surface area contributed by atoms with Crippen molar-refractivity contribution in [3.63, 3.8) is 0 Å². The molecule has 5 nitrogen and oxygen atoms in total. The Balaban J connectivity index is 1.77. The number of nitrogens with zero attached hydrogens (tertiary/aromatic N) is 4. The van der Waals surface area contributed by atoms with Gasteiger partial charge in [0.25, 0.3) is 0 Å². The Morgan fingerprint density at radius 1 is 1.27 bits per heavy atom. The topological polar surface area (TPSA) is 56.7 Å². The first-order valence-electron chi connectivity index (χ1n) is 7.25. The number of aromatic nitrogens is 4. The molecule has 11 heteroatoms. The average Bonchev–Trinajstić information content (AvgIpc) is 3.11. The highest BCUT2D eigenvalue weighted by atomic mass is 79.9. The minimum atomic E-state index is -4.53. The Bertz CT molecular complexity index is 955. The number of hydrogen-bond acceptors (Lipinski definition) is 4. The SMILES string of the molecule is Cc1c(Br)c(C(F)(F)F)nn1CCc1nc(-c2ccc(Cl)cc2Cl)no1. The fraction of sp³-hybridized carbons (Fsp3) is 0.267. The van der Waals surface area contributed by atoms with Gasteiger partial charge < -0.3 is 4.52 Å². The number of benzene rings is 1. The molecule has 138 valence electrons. The number of aryl methyl sites for hydroxylation is 2. The van der Waals surface area contributed by atoms with Crippen LogP contribution in [0.5, 0.6) is 0 Å². The largest absolute Gasteiger partial charge is 0.436 e. The van der Waals surface area contributed by atoms with Crippen molar-refractivity contribution >= 4 is 39.1 Å². The molecule has 0 amide bonds. The molecule has 2 aromatic heterocycles. The van der Waals surface area contributed by atoms with Crippen molar-refractivity contribution in [3.05, 3.63) is 50.0 Å². The van der Waals surface area contributed by atoms with Crippen molar-refractivity contribution in [1.82, 2.24) is 19.9 Å². The molecule has 3 aromatic rings. The predicted molar refractivity (Wildman–Crippen MR) is 93.1 cm³/mol. The normalized spacial score (nSPS) is 12.0. The van der Waals surface area contributed by atoms with Gasteiger partial charge in [0.15, 0.2) is 5.69 Å². The molecule has 0 aliphatic rings. The zero-order chi connectivity index (χ0) is 19.1. The molecule has 0 saturated carbocycles. The summed E-state index contributed by atoms with van der Waals surface area (Å²) in [5.41, 5.74) is -0.0598. The zero-order valence-corrected chi connectivity index (χ0v) is 16.2. The lowest BCUT2D eigenvalue weighted by Crippen LogP contribution is -2.10. The molecule has 0 fully saturated rings. The lowest BCUT2D eigenvalue weighted by Gasteiger charge is -2.02. The van der Waals surface area contributed by atoms with Crippen molar-refractivity contribution in [2.45, 2.75) is 26.1 Å². The van der Waals surface area contributed by atoms with Gasteiger partial charge in [-0.3, -0.25) is 4.68 Å². The van der Waals surface area contributed by atoms with Crippen molar-refractivity contribution in [3.8, 4) is 11.4 Å². The molecule has 2 heterocycles. The van der Waals surface area contributed by atoms with E-state index in [-0.39, 0.29) is 29.2 Å². The van der Waals surface area contributed by atoms with E-state index in [4.69, 9.17) is 27.7 Å². The second-order valence-corrected chi connectivity index (χ2v) is 6.99. The van der Waals surface area contributed by atoms with Gasteiger partial charge in [-0.05, 0) is 41.1 Å². The Hall–Kier alpha value is -1.58. The van der Waals surface area contributed by atoms with E-state index in [2.05, 4.69) is 31.2 Å². The summed E-state index contributed by atoms with van der Waals surface area (Å²) < 4.78 is 45.0. The lowest BCUT2D eigenvalue weighted by atomic mass is 10.2. The summed E-state index contributed by atoms with van der Waals surface area (Å²) in [5.74, 6) is 0.529. The number of rotatable bonds is 4. The summed E-state index contributed by atoms with van der Waals surface area (Å²) in [4.78, 5) is 4.21. The Morgan fingerprint density at radius 3 is 2.62 bits per heavy atom. The molecule has 1 aromatic carbocycles. The van der Waals surface area contributed by atoms with Gasteiger partial charge in [-0.25, -0.2) is 0 Å². The standard InChI is InChI=1S/C15H10BrCl2F3N4O/c1-7-12(16)13(15(19,20)21)23-25(7)5-4-11-22-14(24-26-11)9-3-2-8(17)6-10(9)18/h2-3,6H,4-5H2,1H3. The molecule has 0 spiro atoms. The Morgan fingerprint density at radius 2 is 2.00 bits per heavy atom. The molecule has 0 bridgehead atoms. The predicted octanol–water partition coefficient (Wildman–Crippen LogP) is 5.57. The smallest absolute Gasteiger partial charge is 0.339 e. The summed E-state index contributed by atoms with van der Waals surface area (Å²) in [5, 5.41) is 8.29. The van der Waals surface area contributed by atoms with Crippen LogP contribution in [0.25, 0.3) is 11.4 Å². The number of alkyl halides is 3. The fourth-order valence-electron chi connectivity index (χ4n) is 2.26. The quantitative estimate of drug-likeness (QED) is 0.501. The van der Waals surface area contributed by atoms with Crippen LogP contribution in [0.2, 0.25) is 10.0 Å². The average molecular weight is 470 g/mol. The molecule has 0 aliphatic heterocycles. The third kappa shape index (κ3) is 3.89. The van der Waals surface area contributed by atoms with E-state index in [1.807, 2.05) is 0 Å². The van der Waals surface area contributed by atoms with Crippen LogP contribution in [0, 0.1) is 6.92 Å². The third-order valence-electron chi connectivity index (χ3n) is 3.58. The maximum absolute atomic E-state index is 12.9. The van der Waals surface area contributed by atoms with Gasteiger partial charge in [0, 0.05) is 17.0 Å². The van der Waals surface area contributed by atoms with Gasteiger partial charge >= 0.3 is 6.18 Å². The Kier molecular flexibility index (Phi) is 5.32. The van der Waals surface area contributed by atoms with Crippen LogP contribution < -0.4 is 0 Å². The van der Waals surface area contributed by atoms with Crippen molar-refractivity contribution in [2.24, 2.45) is 0 Å². The molecule has 3 rings (SSSR count). The first kappa shape index (κ1) is 19.2. The third-order valence-corrected chi connectivity index (χ3v) is 5.08. The van der Waals surface area contributed by atoms with E-state index in [0.717, 1.165) is 0 Å². The van der Waals surface area contributed by atoms with Crippen LogP contribution in [0.1, 0.15) is 17.3 Å². The highest BCUT2D eigenvalue weighted by Gasteiger charge is 2.37. The van der Waals surface area contributed by atoms with Crippen LogP contribution in [-0.4, -0.2) is 19.9 Å². The molecule has 0 atom stereocenters. The fourth-order valence-corrected chi connectivity index (χ4v) is 3.26. The second kappa shape index (κ2) is 7.21. The monoisotopic (exact) mass is 468 g/mol. The second-order valence-electron chi connectivity index (χ2n) is 5.35. The van der Waals surface area contributed by atoms with Crippen molar-refractivity contribution in [1.29, 1.82) is 0 Å². The molecular weight excluding hydrogens is 460 g/mol. The maximum Gasteiger partial charge on any atom is 0.436 e. The van der Waals surface area contributed by atoms with Gasteiger partial charge in [-0.1, -0.05) is 28.4 Å². The van der Waals surface area contributed by atoms with Gasteiger partial charge in [-0.2, -0.15) is 23.3 Å². The molecule has 26 heavy (non-hydrogen) atoms. The van der Waals surface area contributed by atoms with E-state index < -0.39 is 11.9 Å². The van der Waals surface area contributed by atoms with Crippen LogP contribution >= 0.6 is 39.1 Å². The van der Waals surface area contributed by atoms with Crippen molar-refractivity contribution < 1.29 is 17.7 Å². The summed E-state index contributed by atoms with van der Waals surface area (Å²) in [6.45, 7) is 1.69. The zero-order valence-electron chi connectivity index (χ0n) is 13.1. The van der Waals surface area contributed by atoms with Gasteiger partial charge in [0.2, 0.25) is 11.7 Å². The van der Waals surface area contributed by atoms with E-state index >= 15 is 0 Å². The molecule has 0 unspecified atom stereocenters. The van der Waals surface area contributed by atoms with Crippen LogP contribution in [0.15, 0.2) is 27.2 Å². The first-order chi connectivity index (χ1) is 12.2. The van der Waals surface area contributed by atoms with Crippen LogP contribution in [0.3, 0.4) is 0 Å². The van der Waals surface area contributed by atoms with Crippen molar-refractivity contribution in [2.75, 3.05) is 0 Å². The van der Waals surface area contributed by atoms with E-state index in [1.165, 1.54) is 4.68 Å². The summed E-state index contributed by atoms with van der Waals surface area (Å²) >= 11 is 14.9. The minimum absolute atomic E-state index is 0.0795. The molecule has 0 radical (unpaired) electrons. The van der Waals surface area contributed by atoms with Crippen LogP contribution in [-0.2, 0) is 19.1 Å². The lowest BCUT2D eigenvalue weighted by molar-refractivity contribution is -0.142. The van der Waals surface area contributed by atoms with E-state index in [1.54, 1.807) is 25.1 Å². The Labute approximate surface area is 164 Å². The summed E-state index contributed by atoms with van der Waals surface area (Å²) in [6, 6.07) is 4.85. The minimum Gasteiger partial charge on any atom is -0.339 e. The molecule has 0 N–H and O–H groups in total. The van der Waals surface area contributed by atoms with Gasteiger partial charge in [0.1, 0.15) is 0 Å². The summed E-state index contributed by atoms with van der Waals surface area (Å²) in [6.07, 6.45) is -4.32. The highest BCUT2D eigenvalue weighted by Crippen LogP contribution is 2.35. The maximum atomic E-state index is 12.9.